The number of aliphatic hydroxyl groups excluding tert-OH is 1. The summed E-state index contributed by atoms with van der Waals surface area (Å²) in [4.78, 5) is 50.0. The summed E-state index contributed by atoms with van der Waals surface area (Å²) in [6.07, 6.45) is 11.3. The number of carboxylic acid groups (broad SMARTS) is 1. The van der Waals surface area contributed by atoms with Crippen molar-refractivity contribution >= 4 is 37.9 Å². The van der Waals surface area contributed by atoms with E-state index in [0.29, 0.717) is 48.1 Å². The molecule has 2 N–H and O–H groups in total. The molecule has 25 heteroatoms. The highest BCUT2D eigenvalue weighted by Gasteiger charge is 2.31. The maximum Gasteiger partial charge on any atom is 0.317 e. The molecule has 0 atom stereocenters. The second-order valence-corrected chi connectivity index (χ2v) is 37.8. The van der Waals surface area contributed by atoms with Crippen LogP contribution in [0.4, 0.5) is 0 Å². The fraction of sp³-hybridized carbons (Fsp3) is 0.567. The molecule has 6 aromatic heterocycles. The number of ether oxygens (including phenoxy) is 6. The number of carboxylic acids is 1. The Kier molecular flexibility index (Phi) is 26.5. The van der Waals surface area contributed by atoms with Gasteiger partial charge in [-0.25, -0.2) is 23.1 Å². The Labute approximate surface area is 504 Å². The van der Waals surface area contributed by atoms with Crippen molar-refractivity contribution in [3.05, 3.63) is 72.3 Å². The zero-order valence-electron chi connectivity index (χ0n) is 53.3. The van der Waals surface area contributed by atoms with Crippen molar-refractivity contribution in [3.8, 4) is 63.1 Å². The first-order chi connectivity index (χ1) is 39.7. The Bertz CT molecular complexity index is 3190. The van der Waals surface area contributed by atoms with Crippen molar-refractivity contribution in [2.45, 2.75) is 177 Å². The summed E-state index contributed by atoms with van der Waals surface area (Å²) in [5, 5.41) is 26.9. The summed E-state index contributed by atoms with van der Waals surface area (Å²) < 4.78 is 61.6. The smallest absolute Gasteiger partial charge is 0.317 e. The van der Waals surface area contributed by atoms with E-state index in [9.17, 15) is 23.1 Å². The zero-order chi connectivity index (χ0) is 63.5. The molecule has 0 bridgehead atoms. The highest BCUT2D eigenvalue weighted by Crippen LogP contribution is 2.30. The SMILES string of the molecule is CCC(CC)Oc1nc(-c2ccc(-c3cnc(OCC(C)(C)C(=O)O)cc3C)nc2)nn1COCC[Si](C)(C)C.CCC(O)CC.COC(=O)C(C)(C)COc1cc(C)c(-c2ccc(-c3nc(S(C)(=O)=O)n(COCC[Si](C)(C)C)n3)cn2)cn1. The van der Waals surface area contributed by atoms with Gasteiger partial charge in [-0.3, -0.25) is 19.6 Å². The number of aliphatic hydroxyl groups is 1. The number of aromatic nitrogens is 10. The van der Waals surface area contributed by atoms with Crippen LogP contribution >= 0.6 is 0 Å². The lowest BCUT2D eigenvalue weighted by atomic mass is 9.95. The number of sulfone groups is 1. The third-order valence-electron chi connectivity index (χ3n) is 13.4. The van der Waals surface area contributed by atoms with E-state index in [2.05, 4.69) is 93.2 Å². The van der Waals surface area contributed by atoms with Crippen LogP contribution in [0.3, 0.4) is 0 Å². The molecule has 0 aliphatic rings. The van der Waals surface area contributed by atoms with Gasteiger partial charge in [-0.15, -0.1) is 10.2 Å². The molecular formula is C60H92N10O12SSi2. The molecule has 0 spiro atoms. The summed E-state index contributed by atoms with van der Waals surface area (Å²) in [5.74, 6) is 0.244. The molecule has 0 aliphatic carbocycles. The van der Waals surface area contributed by atoms with E-state index in [1.807, 2.05) is 39.8 Å². The number of hydrogen-bond donors (Lipinski definition) is 2. The normalized spacial score (nSPS) is 12.1. The lowest BCUT2D eigenvalue weighted by molar-refractivity contribution is -0.152. The molecule has 0 saturated heterocycles. The van der Waals surface area contributed by atoms with Crippen molar-refractivity contribution < 1.29 is 56.6 Å². The van der Waals surface area contributed by atoms with E-state index < -0.39 is 42.8 Å². The predicted octanol–water partition coefficient (Wildman–Crippen LogP) is 11.3. The van der Waals surface area contributed by atoms with Crippen molar-refractivity contribution in [2.24, 2.45) is 10.8 Å². The number of aliphatic carboxylic acids is 1. The predicted molar refractivity (Wildman–Crippen MR) is 334 cm³/mol. The van der Waals surface area contributed by atoms with Crippen molar-refractivity contribution in [1.29, 1.82) is 0 Å². The first-order valence-corrected chi connectivity index (χ1v) is 38.1. The summed E-state index contributed by atoms with van der Waals surface area (Å²) >= 11 is 0. The number of carbonyl (C=O) groups is 2. The first-order valence-electron chi connectivity index (χ1n) is 28.8. The number of nitrogens with zero attached hydrogens (tertiary/aromatic N) is 10. The van der Waals surface area contributed by atoms with E-state index in [1.165, 1.54) is 11.8 Å². The Morgan fingerprint density at radius 3 is 1.47 bits per heavy atom. The lowest BCUT2D eigenvalue weighted by Crippen LogP contribution is -2.32. The summed E-state index contributed by atoms with van der Waals surface area (Å²) in [7, 11) is -4.74. The molecule has 0 unspecified atom stereocenters. The average molecular weight is 1230 g/mol. The highest BCUT2D eigenvalue weighted by molar-refractivity contribution is 7.90. The van der Waals surface area contributed by atoms with Gasteiger partial charge in [0.25, 0.3) is 0 Å². The van der Waals surface area contributed by atoms with Crippen LogP contribution in [0.5, 0.6) is 17.8 Å². The fourth-order valence-corrected chi connectivity index (χ4v) is 9.65. The van der Waals surface area contributed by atoms with Crippen LogP contribution in [-0.4, -0.2) is 148 Å². The molecule has 85 heavy (non-hydrogen) atoms. The summed E-state index contributed by atoms with van der Waals surface area (Å²) in [6, 6.07) is 13.5. The number of methoxy groups -OCH3 is 1. The molecule has 0 fully saturated rings. The van der Waals surface area contributed by atoms with Gasteiger partial charge in [0.1, 0.15) is 32.8 Å². The number of aryl methyl sites for hydroxylation is 2. The molecule has 6 heterocycles. The third-order valence-corrected chi connectivity index (χ3v) is 17.8. The maximum atomic E-state index is 12.3. The van der Waals surface area contributed by atoms with Gasteiger partial charge < -0.3 is 38.6 Å². The van der Waals surface area contributed by atoms with Crippen molar-refractivity contribution in [1.82, 2.24) is 49.5 Å². The van der Waals surface area contributed by atoms with E-state index in [1.54, 1.807) is 81.4 Å². The number of hydrogen-bond acceptors (Lipinski definition) is 19. The lowest BCUT2D eigenvalue weighted by Gasteiger charge is -2.21. The van der Waals surface area contributed by atoms with Gasteiger partial charge in [0.2, 0.25) is 26.8 Å². The molecule has 6 aromatic rings. The van der Waals surface area contributed by atoms with Gasteiger partial charge in [-0.05, 0) is 115 Å². The van der Waals surface area contributed by atoms with Crippen LogP contribution in [0.2, 0.25) is 51.4 Å². The van der Waals surface area contributed by atoms with Crippen LogP contribution < -0.4 is 14.2 Å². The molecule has 6 rings (SSSR count). The van der Waals surface area contributed by atoms with Gasteiger partial charge in [0.05, 0.1) is 35.4 Å². The monoisotopic (exact) mass is 1230 g/mol. The van der Waals surface area contributed by atoms with Gasteiger partial charge in [0.15, 0.2) is 11.6 Å². The Hall–Kier alpha value is -6.52. The minimum atomic E-state index is -3.62. The highest BCUT2D eigenvalue weighted by atomic mass is 32.2. The Morgan fingerprint density at radius 2 is 1.09 bits per heavy atom. The van der Waals surface area contributed by atoms with Crippen LogP contribution in [0.25, 0.3) is 45.3 Å². The minimum Gasteiger partial charge on any atom is -0.481 e. The van der Waals surface area contributed by atoms with E-state index in [4.69, 9.17) is 33.5 Å². The van der Waals surface area contributed by atoms with Gasteiger partial charge in [-0.2, -0.15) is 14.6 Å². The fourth-order valence-electron chi connectivity index (χ4n) is 7.41. The molecule has 468 valence electrons. The van der Waals surface area contributed by atoms with Crippen LogP contribution in [0.1, 0.15) is 92.2 Å². The van der Waals surface area contributed by atoms with Crippen LogP contribution in [0.15, 0.2) is 66.3 Å². The molecule has 0 saturated carbocycles. The molecular weight excluding hydrogens is 1140 g/mol. The summed E-state index contributed by atoms with van der Waals surface area (Å²) in [6.45, 7) is 34.1. The van der Waals surface area contributed by atoms with E-state index in [0.717, 1.165) is 77.5 Å². The topological polar surface area (TPSA) is 277 Å². The number of carbonyl (C=O) groups excluding carboxylic acids is 1. The second kappa shape index (κ2) is 31.7. The third kappa shape index (κ3) is 22.7. The average Bonchev–Trinajstić information content (AvgIpc) is 4.28. The second-order valence-electron chi connectivity index (χ2n) is 24.6. The molecule has 0 aliphatic heterocycles. The Balaban J connectivity index is 0.000000332. The van der Waals surface area contributed by atoms with Crippen molar-refractivity contribution in [2.75, 3.05) is 39.8 Å². The van der Waals surface area contributed by atoms with Crippen LogP contribution in [0, 0.1) is 24.7 Å². The van der Waals surface area contributed by atoms with Gasteiger partial charge in [0, 0.05) is 94.8 Å². The first kappa shape index (κ1) is 71.0. The maximum absolute atomic E-state index is 12.3. The largest absolute Gasteiger partial charge is 0.481 e. The molecule has 0 radical (unpaired) electrons. The number of esters is 1. The van der Waals surface area contributed by atoms with E-state index >= 15 is 0 Å². The van der Waals surface area contributed by atoms with Crippen molar-refractivity contribution in [3.63, 3.8) is 0 Å². The molecule has 0 aromatic carbocycles. The minimum absolute atomic E-state index is 0.00148. The zero-order valence-corrected chi connectivity index (χ0v) is 56.1. The number of pyridine rings is 4. The Morgan fingerprint density at radius 1 is 0.647 bits per heavy atom. The van der Waals surface area contributed by atoms with Crippen LogP contribution in [-0.2, 0) is 47.1 Å². The molecule has 0 amide bonds. The van der Waals surface area contributed by atoms with Gasteiger partial charge in [-0.1, -0.05) is 67.0 Å². The quantitative estimate of drug-likeness (QED) is 0.0251. The number of rotatable bonds is 29. The molecule has 22 nitrogen and oxygen atoms in total. The summed E-state index contributed by atoms with van der Waals surface area (Å²) in [5.41, 5.74) is 4.38. The standard InChI is InChI=1S/C29H43N5O5Si.C26H37N5O6SSi.C5H12O/c1-9-22(10-2)39-28-32-26(33-34(28)19-37-13-14-40(6,7)8)21-11-12-24(30-16-21)23-17-31-25(15-20(23)3)38-18-29(4,5)27(35)36;1-18-13-22(37-16-26(2,3)24(32)35-4)28-15-20(18)21-10-9-19(14-27-21)23-29-25(38(5,33)34)31(30-23)17-36-11-12-39(6,7)8;1-3-5(6)4-2/h11-12,15-17,22H,9-10,13-14,18-19H2,1-8H3,(H,35,36);9-10,13-15H,11-12,16-17H2,1-8H3;5-6H,3-4H2,1-2H3. The van der Waals surface area contributed by atoms with Gasteiger partial charge >= 0.3 is 17.9 Å². The van der Waals surface area contributed by atoms with E-state index in [-0.39, 0.29) is 55.8 Å².